The van der Waals surface area contributed by atoms with Crippen molar-refractivity contribution in [2.24, 2.45) is 29.4 Å². The molecule has 0 spiro atoms. The Morgan fingerprint density at radius 2 is 1.63 bits per heavy atom. The van der Waals surface area contributed by atoms with Crippen LogP contribution in [0.15, 0.2) is 0 Å². The zero-order valence-corrected chi connectivity index (χ0v) is 16.7. The summed E-state index contributed by atoms with van der Waals surface area (Å²) in [6.07, 6.45) is 5.16. The van der Waals surface area contributed by atoms with Gasteiger partial charge in [-0.25, -0.2) is 0 Å². The van der Waals surface area contributed by atoms with Gasteiger partial charge < -0.3 is 21.1 Å². The highest BCUT2D eigenvalue weighted by molar-refractivity contribution is 5.82. The van der Waals surface area contributed by atoms with Gasteiger partial charge in [0, 0.05) is 25.6 Å². The number of nitrogens with zero attached hydrogens (tertiary/aromatic N) is 1. The third-order valence-electron chi connectivity index (χ3n) is 5.98. The summed E-state index contributed by atoms with van der Waals surface area (Å²) in [5.74, 6) is -0.150. The minimum atomic E-state index is -0.702. The third kappa shape index (κ3) is 6.48. The summed E-state index contributed by atoms with van der Waals surface area (Å²) >= 11 is 0. The molecule has 1 aliphatic heterocycles. The van der Waals surface area contributed by atoms with Gasteiger partial charge in [-0.2, -0.15) is 0 Å². The van der Waals surface area contributed by atoms with Crippen LogP contribution < -0.4 is 11.1 Å². The monoisotopic (exact) mass is 381 g/mol. The Kier molecular flexibility index (Phi) is 8.07. The van der Waals surface area contributed by atoms with E-state index < -0.39 is 12.0 Å². The zero-order valence-electron chi connectivity index (χ0n) is 16.7. The van der Waals surface area contributed by atoms with Gasteiger partial charge in [0.25, 0.3) is 0 Å². The summed E-state index contributed by atoms with van der Waals surface area (Å²) in [5.41, 5.74) is 5.99. The second kappa shape index (κ2) is 10.1. The smallest absolute Gasteiger partial charge is 0.306 e. The summed E-state index contributed by atoms with van der Waals surface area (Å²) < 4.78 is 0. The number of carboxylic acids is 1. The molecule has 1 unspecified atom stereocenters. The number of likely N-dealkylation sites (tertiary alicyclic amines) is 1. The van der Waals surface area contributed by atoms with Crippen LogP contribution in [-0.2, 0) is 14.4 Å². The molecule has 0 radical (unpaired) electrons. The van der Waals surface area contributed by atoms with Crippen molar-refractivity contribution >= 4 is 17.8 Å². The average molecular weight is 382 g/mol. The van der Waals surface area contributed by atoms with Crippen LogP contribution in [0.2, 0.25) is 0 Å². The molecular formula is C20H35N3O4. The number of nitrogens with one attached hydrogen (secondary N) is 1. The zero-order chi connectivity index (χ0) is 20.0. The first kappa shape index (κ1) is 21.7. The van der Waals surface area contributed by atoms with Gasteiger partial charge >= 0.3 is 5.97 Å². The Morgan fingerprint density at radius 3 is 2.15 bits per heavy atom. The molecule has 7 heteroatoms. The highest BCUT2D eigenvalue weighted by Crippen LogP contribution is 2.28. The van der Waals surface area contributed by atoms with Gasteiger partial charge in [-0.3, -0.25) is 14.4 Å². The summed E-state index contributed by atoms with van der Waals surface area (Å²) in [6, 6.07) is -0.448. The fourth-order valence-corrected chi connectivity index (χ4v) is 4.21. The molecular weight excluding hydrogens is 346 g/mol. The van der Waals surface area contributed by atoms with Crippen molar-refractivity contribution in [3.8, 4) is 0 Å². The quantitative estimate of drug-likeness (QED) is 0.620. The fourth-order valence-electron chi connectivity index (χ4n) is 4.21. The second-order valence-electron chi connectivity index (χ2n) is 8.64. The van der Waals surface area contributed by atoms with Gasteiger partial charge in [0.2, 0.25) is 11.8 Å². The Bertz CT molecular complexity index is 521. The number of nitrogens with two attached hydrogens (primary N) is 1. The van der Waals surface area contributed by atoms with Crippen LogP contribution >= 0.6 is 0 Å². The van der Waals surface area contributed by atoms with E-state index in [1.807, 2.05) is 0 Å². The van der Waals surface area contributed by atoms with Gasteiger partial charge in [-0.15, -0.1) is 0 Å². The molecule has 1 atom stereocenters. The summed E-state index contributed by atoms with van der Waals surface area (Å²) in [4.78, 5) is 37.6. The van der Waals surface area contributed by atoms with E-state index in [2.05, 4.69) is 19.2 Å². The van der Waals surface area contributed by atoms with E-state index in [1.54, 1.807) is 4.90 Å². The Morgan fingerprint density at radius 1 is 1.04 bits per heavy atom. The predicted molar refractivity (Wildman–Crippen MR) is 103 cm³/mol. The van der Waals surface area contributed by atoms with Crippen LogP contribution in [0.3, 0.4) is 0 Å². The minimum Gasteiger partial charge on any atom is -0.481 e. The molecule has 1 aliphatic carbocycles. The molecule has 2 fully saturated rings. The van der Waals surface area contributed by atoms with Crippen molar-refractivity contribution in [1.82, 2.24) is 10.2 Å². The lowest BCUT2D eigenvalue weighted by molar-refractivity contribution is -0.143. The van der Waals surface area contributed by atoms with Gasteiger partial charge in [-0.05, 0) is 56.8 Å². The summed E-state index contributed by atoms with van der Waals surface area (Å²) in [7, 11) is 0. The molecule has 0 bridgehead atoms. The summed E-state index contributed by atoms with van der Waals surface area (Å²) in [5, 5.41) is 12.1. The number of rotatable bonds is 7. The molecule has 1 saturated carbocycles. The number of carbonyl (C=O) groups excluding carboxylic acids is 2. The Hall–Kier alpha value is -1.63. The number of amides is 2. The molecule has 2 aliphatic rings. The first-order valence-corrected chi connectivity index (χ1v) is 10.3. The number of carboxylic acid groups (broad SMARTS) is 1. The molecule has 2 amide bonds. The molecule has 0 aromatic heterocycles. The van der Waals surface area contributed by atoms with E-state index in [0.717, 1.165) is 12.8 Å². The lowest BCUT2D eigenvalue weighted by atomic mass is 9.82. The van der Waals surface area contributed by atoms with Gasteiger partial charge in [0.15, 0.2) is 0 Å². The first-order chi connectivity index (χ1) is 12.8. The predicted octanol–water partition coefficient (Wildman–Crippen LogP) is 1.61. The molecule has 154 valence electrons. The van der Waals surface area contributed by atoms with Crippen molar-refractivity contribution in [2.75, 3.05) is 19.6 Å². The van der Waals surface area contributed by atoms with E-state index in [9.17, 15) is 14.4 Å². The Balaban J connectivity index is 1.68. The topological polar surface area (TPSA) is 113 Å². The van der Waals surface area contributed by atoms with Crippen LogP contribution in [-0.4, -0.2) is 53.5 Å². The van der Waals surface area contributed by atoms with E-state index >= 15 is 0 Å². The molecule has 2 rings (SSSR count). The maximum Gasteiger partial charge on any atom is 0.306 e. The standard InChI is InChI=1S/C20H35N3O4/c1-13(2)11-17(21)19(25)23-9-7-15(8-10-23)18(24)22-12-14-3-5-16(6-4-14)20(26)27/h13-17H,3-12,21H2,1-2H3,(H,22,24)(H,26,27). The third-order valence-corrected chi connectivity index (χ3v) is 5.98. The van der Waals surface area contributed by atoms with Gasteiger partial charge in [0.05, 0.1) is 12.0 Å². The average Bonchev–Trinajstić information content (AvgIpc) is 2.65. The van der Waals surface area contributed by atoms with Crippen LogP contribution in [0.1, 0.15) is 58.8 Å². The van der Waals surface area contributed by atoms with Crippen molar-refractivity contribution < 1.29 is 19.5 Å². The molecule has 0 aromatic rings. The molecule has 0 aromatic carbocycles. The molecule has 7 nitrogen and oxygen atoms in total. The Labute approximate surface area is 162 Å². The van der Waals surface area contributed by atoms with Crippen LogP contribution in [0, 0.1) is 23.7 Å². The van der Waals surface area contributed by atoms with Gasteiger partial charge in [-0.1, -0.05) is 13.8 Å². The maximum atomic E-state index is 12.4. The van der Waals surface area contributed by atoms with E-state index in [0.29, 0.717) is 63.6 Å². The van der Waals surface area contributed by atoms with Crippen molar-refractivity contribution in [2.45, 2.75) is 64.8 Å². The minimum absolute atomic E-state index is 0.00208. The van der Waals surface area contributed by atoms with Crippen molar-refractivity contribution in [3.05, 3.63) is 0 Å². The van der Waals surface area contributed by atoms with Crippen LogP contribution in [0.4, 0.5) is 0 Å². The number of hydrogen-bond donors (Lipinski definition) is 3. The lowest BCUT2D eigenvalue weighted by Crippen LogP contribution is -2.49. The molecule has 1 saturated heterocycles. The normalized spacial score (nSPS) is 25.3. The maximum absolute atomic E-state index is 12.4. The van der Waals surface area contributed by atoms with Crippen molar-refractivity contribution in [3.63, 3.8) is 0 Å². The van der Waals surface area contributed by atoms with Gasteiger partial charge in [0.1, 0.15) is 0 Å². The SMILES string of the molecule is CC(C)CC(N)C(=O)N1CCC(C(=O)NCC2CCC(C(=O)O)CC2)CC1. The molecule has 4 N–H and O–H groups in total. The van der Waals surface area contributed by atoms with E-state index in [4.69, 9.17) is 10.8 Å². The van der Waals surface area contributed by atoms with Crippen molar-refractivity contribution in [1.29, 1.82) is 0 Å². The number of carbonyl (C=O) groups is 3. The molecule has 1 heterocycles. The first-order valence-electron chi connectivity index (χ1n) is 10.3. The van der Waals surface area contributed by atoms with Crippen LogP contribution in [0.25, 0.3) is 0 Å². The fraction of sp³-hybridized carbons (Fsp3) is 0.850. The lowest BCUT2D eigenvalue weighted by Gasteiger charge is -2.33. The number of aliphatic carboxylic acids is 1. The summed E-state index contributed by atoms with van der Waals surface area (Å²) in [6.45, 7) is 5.91. The highest BCUT2D eigenvalue weighted by Gasteiger charge is 2.31. The van der Waals surface area contributed by atoms with E-state index in [-0.39, 0.29) is 23.7 Å². The number of hydrogen-bond acceptors (Lipinski definition) is 4. The second-order valence-corrected chi connectivity index (χ2v) is 8.64. The largest absolute Gasteiger partial charge is 0.481 e. The number of piperidine rings is 1. The molecule has 27 heavy (non-hydrogen) atoms. The van der Waals surface area contributed by atoms with E-state index in [1.165, 1.54) is 0 Å². The van der Waals surface area contributed by atoms with Crippen LogP contribution in [0.5, 0.6) is 0 Å². The highest BCUT2D eigenvalue weighted by atomic mass is 16.4.